The molecule has 1 aliphatic rings. The van der Waals surface area contributed by atoms with Gasteiger partial charge in [0.05, 0.1) is 17.8 Å². The van der Waals surface area contributed by atoms with Crippen LogP contribution in [0, 0.1) is 0 Å². The van der Waals surface area contributed by atoms with E-state index in [1.54, 1.807) is 19.6 Å². The lowest BCUT2D eigenvalue weighted by Gasteiger charge is -2.20. The van der Waals surface area contributed by atoms with Crippen molar-refractivity contribution in [1.82, 2.24) is 34.4 Å². The molecule has 4 heterocycles. The minimum Gasteiger partial charge on any atom is -0.380 e. The summed E-state index contributed by atoms with van der Waals surface area (Å²) >= 11 is 0. The maximum absolute atomic E-state index is 5.52. The number of ether oxygens (including phenoxy) is 1. The van der Waals surface area contributed by atoms with Gasteiger partial charge in [0.15, 0.2) is 0 Å². The number of hydrogen-bond acceptors (Lipinski definition) is 6. The van der Waals surface area contributed by atoms with Gasteiger partial charge in [-0.2, -0.15) is 5.10 Å². The molecule has 0 saturated carbocycles. The zero-order valence-electron chi connectivity index (χ0n) is 12.3. The number of nitrogens with zero attached hydrogens (tertiary/aromatic N) is 6. The second kappa shape index (κ2) is 5.47. The molecule has 0 aliphatic carbocycles. The van der Waals surface area contributed by atoms with Gasteiger partial charge in [0, 0.05) is 38.8 Å². The minimum atomic E-state index is 0.172. The van der Waals surface area contributed by atoms with Crippen LogP contribution in [0.25, 0.3) is 5.78 Å². The smallest absolute Gasteiger partial charge is 0.233 e. The van der Waals surface area contributed by atoms with E-state index in [2.05, 4.69) is 30.0 Å². The molecule has 1 N–H and O–H groups in total. The van der Waals surface area contributed by atoms with Gasteiger partial charge >= 0.3 is 0 Å². The van der Waals surface area contributed by atoms with Crippen LogP contribution in [-0.2, 0) is 11.3 Å². The lowest BCUT2D eigenvalue weighted by molar-refractivity contribution is 0.107. The zero-order valence-corrected chi connectivity index (χ0v) is 12.3. The first-order valence-electron chi connectivity index (χ1n) is 7.24. The van der Waals surface area contributed by atoms with E-state index in [0.717, 1.165) is 36.8 Å². The Morgan fingerprint density at radius 3 is 3.14 bits per heavy atom. The maximum atomic E-state index is 5.52. The van der Waals surface area contributed by atoms with Crippen LogP contribution in [0.1, 0.15) is 24.0 Å². The summed E-state index contributed by atoms with van der Waals surface area (Å²) in [7, 11) is 1.75. The highest BCUT2D eigenvalue weighted by molar-refractivity contribution is 5.29. The zero-order chi connectivity index (χ0) is 14.9. The molecule has 0 bridgehead atoms. The molecule has 8 nitrogen and oxygen atoms in total. The normalized spacial score (nSPS) is 22.6. The summed E-state index contributed by atoms with van der Waals surface area (Å²) in [5.74, 6) is 1.60. The van der Waals surface area contributed by atoms with Crippen LogP contribution in [0.3, 0.4) is 0 Å². The molecular formula is C14H17N7O. The molecule has 0 aromatic carbocycles. The third-order valence-corrected chi connectivity index (χ3v) is 4.10. The van der Waals surface area contributed by atoms with Crippen LogP contribution >= 0.6 is 0 Å². The Kier molecular flexibility index (Phi) is 3.32. The van der Waals surface area contributed by atoms with E-state index < -0.39 is 0 Å². The largest absolute Gasteiger partial charge is 0.380 e. The summed E-state index contributed by atoms with van der Waals surface area (Å²) in [6.07, 6.45) is 8.36. The van der Waals surface area contributed by atoms with Crippen LogP contribution in [0.5, 0.6) is 0 Å². The van der Waals surface area contributed by atoms with E-state index in [0.29, 0.717) is 0 Å². The van der Waals surface area contributed by atoms with Crippen molar-refractivity contribution >= 4 is 5.78 Å². The first-order chi connectivity index (χ1) is 10.8. The molecule has 3 aromatic rings. The molecule has 0 amide bonds. The van der Waals surface area contributed by atoms with E-state index in [9.17, 15) is 0 Å². The molecule has 22 heavy (non-hydrogen) atoms. The lowest BCUT2D eigenvalue weighted by atomic mass is 10.2. The summed E-state index contributed by atoms with van der Waals surface area (Å²) in [4.78, 5) is 15.4. The van der Waals surface area contributed by atoms with Gasteiger partial charge in [-0.1, -0.05) is 0 Å². The van der Waals surface area contributed by atoms with Crippen molar-refractivity contribution in [3.05, 3.63) is 42.5 Å². The molecule has 0 spiro atoms. The van der Waals surface area contributed by atoms with Gasteiger partial charge in [0.25, 0.3) is 0 Å². The number of imidazole rings is 1. The van der Waals surface area contributed by atoms with Crippen LogP contribution in [0.15, 0.2) is 31.0 Å². The average Bonchev–Trinajstić information content (AvgIpc) is 3.25. The highest BCUT2D eigenvalue weighted by atomic mass is 16.5. The number of nitrogens with one attached hydrogen (secondary N) is 1. The van der Waals surface area contributed by atoms with E-state index in [4.69, 9.17) is 4.74 Å². The monoisotopic (exact) mass is 299 g/mol. The number of aromatic nitrogens is 6. The van der Waals surface area contributed by atoms with Gasteiger partial charge in [-0.25, -0.2) is 15.0 Å². The molecule has 8 heteroatoms. The second-order valence-electron chi connectivity index (χ2n) is 5.47. The molecule has 1 fully saturated rings. The fraction of sp³-hybridized carbons (Fsp3) is 0.429. The van der Waals surface area contributed by atoms with Gasteiger partial charge in [0.1, 0.15) is 12.2 Å². The number of H-pyrrole nitrogens is 1. The summed E-state index contributed by atoms with van der Waals surface area (Å²) in [6, 6.07) is 2.07. The summed E-state index contributed by atoms with van der Waals surface area (Å²) < 4.78 is 7.46. The first kappa shape index (κ1) is 13.4. The van der Waals surface area contributed by atoms with Crippen molar-refractivity contribution < 1.29 is 4.74 Å². The Morgan fingerprint density at radius 1 is 1.41 bits per heavy atom. The summed E-state index contributed by atoms with van der Waals surface area (Å²) in [6.45, 7) is 1.58. The van der Waals surface area contributed by atoms with E-state index in [1.807, 2.05) is 22.9 Å². The van der Waals surface area contributed by atoms with Crippen LogP contribution in [0.4, 0.5) is 0 Å². The van der Waals surface area contributed by atoms with Gasteiger partial charge in [-0.15, -0.1) is 0 Å². The standard InChI is InChI=1S/C14H17N7O/c1-22-11-5-12(13-16-9-17-19-13)21(8-11)7-10-6-20-4-2-3-15-14(20)18-10/h2-4,6,9,11-12H,5,7-8H2,1H3,(H,16,17,19)/t11-,12+/m1/s1. The number of fused-ring (bicyclic) bond motifs is 1. The number of hydrogen-bond donors (Lipinski definition) is 1. The average molecular weight is 299 g/mol. The Labute approximate surface area is 127 Å². The SMILES string of the molecule is CO[C@@H]1C[C@@H](c2ncn[nH]2)N(Cc2cn3cccnc3n2)C1. The molecule has 0 radical (unpaired) electrons. The topological polar surface area (TPSA) is 84.2 Å². The fourth-order valence-electron chi connectivity index (χ4n) is 3.03. The summed E-state index contributed by atoms with van der Waals surface area (Å²) in [5.41, 5.74) is 0.986. The number of aromatic amines is 1. The molecule has 2 atom stereocenters. The van der Waals surface area contributed by atoms with Crippen molar-refractivity contribution in [1.29, 1.82) is 0 Å². The van der Waals surface area contributed by atoms with Gasteiger partial charge in [0.2, 0.25) is 5.78 Å². The Hall–Kier alpha value is -2.32. The number of methoxy groups -OCH3 is 1. The van der Waals surface area contributed by atoms with E-state index >= 15 is 0 Å². The minimum absolute atomic E-state index is 0.172. The molecule has 4 rings (SSSR count). The third kappa shape index (κ3) is 2.36. The van der Waals surface area contributed by atoms with E-state index in [-0.39, 0.29) is 12.1 Å². The Morgan fingerprint density at radius 2 is 2.36 bits per heavy atom. The fourth-order valence-corrected chi connectivity index (χ4v) is 3.03. The predicted molar refractivity (Wildman–Crippen MR) is 77.9 cm³/mol. The Balaban J connectivity index is 1.59. The highest BCUT2D eigenvalue weighted by Gasteiger charge is 2.35. The third-order valence-electron chi connectivity index (χ3n) is 4.10. The lowest BCUT2D eigenvalue weighted by Crippen LogP contribution is -2.25. The molecule has 3 aromatic heterocycles. The Bertz CT molecular complexity index is 720. The molecule has 1 aliphatic heterocycles. The van der Waals surface area contributed by atoms with Crippen molar-refractivity contribution in [2.45, 2.75) is 25.1 Å². The van der Waals surface area contributed by atoms with Crippen molar-refractivity contribution in [2.75, 3.05) is 13.7 Å². The predicted octanol–water partition coefficient (Wildman–Crippen LogP) is 0.809. The number of rotatable bonds is 4. The van der Waals surface area contributed by atoms with Crippen LogP contribution in [0.2, 0.25) is 0 Å². The van der Waals surface area contributed by atoms with Crippen molar-refractivity contribution in [3.63, 3.8) is 0 Å². The van der Waals surface area contributed by atoms with Crippen LogP contribution in [-0.4, -0.2) is 54.2 Å². The number of likely N-dealkylation sites (tertiary alicyclic amines) is 1. The first-order valence-corrected chi connectivity index (χ1v) is 7.24. The molecule has 0 unspecified atom stereocenters. The highest BCUT2D eigenvalue weighted by Crippen LogP contribution is 2.32. The quantitative estimate of drug-likeness (QED) is 0.767. The van der Waals surface area contributed by atoms with Crippen LogP contribution < -0.4 is 0 Å². The maximum Gasteiger partial charge on any atom is 0.233 e. The molecule has 1 saturated heterocycles. The van der Waals surface area contributed by atoms with Gasteiger partial charge < -0.3 is 4.74 Å². The van der Waals surface area contributed by atoms with Gasteiger partial charge in [-0.05, 0) is 12.5 Å². The summed E-state index contributed by atoms with van der Waals surface area (Å²) in [5, 5.41) is 6.93. The van der Waals surface area contributed by atoms with E-state index in [1.165, 1.54) is 0 Å². The second-order valence-corrected chi connectivity index (χ2v) is 5.47. The van der Waals surface area contributed by atoms with Crippen molar-refractivity contribution in [2.24, 2.45) is 0 Å². The van der Waals surface area contributed by atoms with Gasteiger partial charge in [-0.3, -0.25) is 14.4 Å². The molecular weight excluding hydrogens is 282 g/mol. The molecule has 114 valence electrons. The van der Waals surface area contributed by atoms with Crippen molar-refractivity contribution in [3.8, 4) is 0 Å².